The third-order valence-corrected chi connectivity index (χ3v) is 3.87. The van der Waals surface area contributed by atoms with E-state index in [0.29, 0.717) is 0 Å². The molecule has 14 heavy (non-hydrogen) atoms. The molecule has 74 valence electrons. The molecule has 2 aromatic heterocycles. The summed E-state index contributed by atoms with van der Waals surface area (Å²) in [4.78, 5) is 4.19. The van der Waals surface area contributed by atoms with E-state index in [0.717, 1.165) is 20.7 Å². The van der Waals surface area contributed by atoms with Crippen LogP contribution in [-0.4, -0.2) is 14.8 Å². The Kier molecular flexibility index (Phi) is 2.47. The highest BCUT2D eigenvalue weighted by Gasteiger charge is 2.12. The summed E-state index contributed by atoms with van der Waals surface area (Å²) in [6.45, 7) is 1.90. The predicted octanol–water partition coefficient (Wildman–Crippen LogP) is 1.92. The van der Waals surface area contributed by atoms with Crippen LogP contribution in [0.4, 0.5) is 5.69 Å². The average Bonchev–Trinajstić information content (AvgIpc) is 2.71. The summed E-state index contributed by atoms with van der Waals surface area (Å²) in [5, 5.41) is 7.14. The van der Waals surface area contributed by atoms with Gasteiger partial charge in [0.25, 0.3) is 0 Å². The van der Waals surface area contributed by atoms with E-state index < -0.39 is 0 Å². The highest BCUT2D eigenvalue weighted by Crippen LogP contribution is 2.33. The van der Waals surface area contributed by atoms with Crippen molar-refractivity contribution in [3.63, 3.8) is 0 Å². The summed E-state index contributed by atoms with van der Waals surface area (Å²) in [6.07, 6.45) is 1.78. The molecule has 2 heterocycles. The van der Waals surface area contributed by atoms with E-state index in [9.17, 15) is 0 Å². The van der Waals surface area contributed by atoms with Crippen molar-refractivity contribution in [3.8, 4) is 0 Å². The Bertz CT molecular complexity index is 432. The summed E-state index contributed by atoms with van der Waals surface area (Å²) >= 11 is 3.15. The monoisotopic (exact) mass is 226 g/mol. The molecule has 4 nitrogen and oxygen atoms in total. The molecule has 2 rings (SSSR count). The van der Waals surface area contributed by atoms with Gasteiger partial charge in [-0.2, -0.15) is 5.10 Å². The number of aryl methyl sites for hydroxylation is 2. The van der Waals surface area contributed by atoms with Crippen molar-refractivity contribution in [1.29, 1.82) is 0 Å². The maximum atomic E-state index is 5.89. The van der Waals surface area contributed by atoms with E-state index in [-0.39, 0.29) is 0 Å². The number of nitrogen functional groups attached to an aromatic ring is 1. The largest absolute Gasteiger partial charge is 0.395 e. The normalized spacial score (nSPS) is 10.7. The van der Waals surface area contributed by atoms with Gasteiger partial charge in [-0.25, -0.2) is 4.98 Å². The summed E-state index contributed by atoms with van der Waals surface area (Å²) in [7, 11) is 1.89. The molecule has 0 bridgehead atoms. The number of aromatic nitrogens is 3. The van der Waals surface area contributed by atoms with E-state index in [2.05, 4.69) is 10.1 Å². The maximum absolute atomic E-state index is 5.89. The molecule has 0 aliphatic carbocycles. The Morgan fingerprint density at radius 2 is 2.36 bits per heavy atom. The molecule has 2 aromatic rings. The zero-order valence-electron chi connectivity index (χ0n) is 7.89. The molecular weight excluding hydrogens is 216 g/mol. The minimum atomic E-state index is 0.743. The van der Waals surface area contributed by atoms with E-state index in [1.807, 2.05) is 19.4 Å². The molecule has 0 aliphatic rings. The maximum Gasteiger partial charge on any atom is 0.156 e. The SMILES string of the molecule is Cc1nn(C)c(Sc2nccs2)c1N. The summed E-state index contributed by atoms with van der Waals surface area (Å²) in [5.41, 5.74) is 7.50. The number of rotatable bonds is 2. The van der Waals surface area contributed by atoms with Crippen LogP contribution >= 0.6 is 23.1 Å². The van der Waals surface area contributed by atoms with Gasteiger partial charge in [0.05, 0.1) is 11.4 Å². The Morgan fingerprint density at radius 3 is 2.86 bits per heavy atom. The van der Waals surface area contributed by atoms with Crippen molar-refractivity contribution in [2.45, 2.75) is 16.3 Å². The molecule has 2 N–H and O–H groups in total. The molecular formula is C8H10N4S2. The molecule has 0 radical (unpaired) electrons. The lowest BCUT2D eigenvalue weighted by Crippen LogP contribution is -1.93. The van der Waals surface area contributed by atoms with Crippen LogP contribution in [-0.2, 0) is 7.05 Å². The van der Waals surface area contributed by atoms with Gasteiger partial charge in [-0.15, -0.1) is 11.3 Å². The van der Waals surface area contributed by atoms with E-state index in [4.69, 9.17) is 5.73 Å². The van der Waals surface area contributed by atoms with Crippen molar-refractivity contribution in [3.05, 3.63) is 17.3 Å². The Hall–Kier alpha value is -1.01. The minimum absolute atomic E-state index is 0.743. The van der Waals surface area contributed by atoms with Crippen LogP contribution in [0.25, 0.3) is 0 Å². The molecule has 0 spiro atoms. The highest BCUT2D eigenvalue weighted by molar-refractivity contribution is 8.01. The average molecular weight is 226 g/mol. The first kappa shape index (κ1) is 9.54. The first-order valence-electron chi connectivity index (χ1n) is 4.05. The van der Waals surface area contributed by atoms with Crippen molar-refractivity contribution >= 4 is 28.8 Å². The van der Waals surface area contributed by atoms with Crippen LogP contribution in [0.15, 0.2) is 20.9 Å². The number of thiazole rings is 1. The fourth-order valence-corrected chi connectivity index (χ4v) is 2.78. The number of hydrogen-bond donors (Lipinski definition) is 1. The molecule has 0 saturated carbocycles. The second-order valence-electron chi connectivity index (χ2n) is 2.83. The lowest BCUT2D eigenvalue weighted by Gasteiger charge is -1.98. The van der Waals surface area contributed by atoms with E-state index in [1.165, 1.54) is 0 Å². The number of nitrogens with zero attached hydrogens (tertiary/aromatic N) is 3. The Labute approximate surface area is 90.1 Å². The Morgan fingerprint density at radius 1 is 1.57 bits per heavy atom. The van der Waals surface area contributed by atoms with Gasteiger partial charge in [-0.3, -0.25) is 4.68 Å². The van der Waals surface area contributed by atoms with Gasteiger partial charge in [0, 0.05) is 18.6 Å². The third kappa shape index (κ3) is 1.62. The topological polar surface area (TPSA) is 56.7 Å². The Balaban J connectivity index is 2.33. The fourth-order valence-electron chi connectivity index (χ4n) is 1.12. The number of anilines is 1. The molecule has 0 saturated heterocycles. The van der Waals surface area contributed by atoms with Crippen molar-refractivity contribution in [1.82, 2.24) is 14.8 Å². The van der Waals surface area contributed by atoms with Crippen LogP contribution in [0.3, 0.4) is 0 Å². The molecule has 0 fully saturated rings. The highest BCUT2D eigenvalue weighted by atomic mass is 32.2. The number of nitrogens with two attached hydrogens (primary N) is 1. The van der Waals surface area contributed by atoms with Crippen LogP contribution in [0.1, 0.15) is 5.69 Å². The second-order valence-corrected chi connectivity index (χ2v) is 4.96. The quantitative estimate of drug-likeness (QED) is 0.850. The molecule has 0 atom stereocenters. The molecule has 0 unspecified atom stereocenters. The van der Waals surface area contributed by atoms with Gasteiger partial charge in [-0.1, -0.05) is 0 Å². The van der Waals surface area contributed by atoms with Crippen molar-refractivity contribution in [2.75, 3.05) is 5.73 Å². The standard InChI is InChI=1S/C8H10N4S2/c1-5-6(9)7(12(2)11-5)14-8-10-3-4-13-8/h3-4H,9H2,1-2H3. The van der Waals surface area contributed by atoms with E-state index >= 15 is 0 Å². The van der Waals surface area contributed by atoms with E-state index in [1.54, 1.807) is 34.0 Å². The van der Waals surface area contributed by atoms with Crippen LogP contribution in [0, 0.1) is 6.92 Å². The van der Waals surface area contributed by atoms with Gasteiger partial charge in [0.1, 0.15) is 5.03 Å². The third-order valence-electron chi connectivity index (χ3n) is 1.81. The lowest BCUT2D eigenvalue weighted by atomic mass is 10.4. The molecule has 0 aliphatic heterocycles. The van der Waals surface area contributed by atoms with Gasteiger partial charge < -0.3 is 5.73 Å². The smallest absolute Gasteiger partial charge is 0.156 e. The first-order valence-corrected chi connectivity index (χ1v) is 5.74. The minimum Gasteiger partial charge on any atom is -0.395 e. The van der Waals surface area contributed by atoms with Gasteiger partial charge in [0.2, 0.25) is 0 Å². The predicted molar refractivity (Wildman–Crippen MR) is 58.6 cm³/mol. The second kappa shape index (κ2) is 3.62. The summed E-state index contributed by atoms with van der Waals surface area (Å²) < 4.78 is 2.77. The van der Waals surface area contributed by atoms with Crippen LogP contribution < -0.4 is 5.73 Å². The molecule has 6 heteroatoms. The summed E-state index contributed by atoms with van der Waals surface area (Å²) in [5.74, 6) is 0. The van der Waals surface area contributed by atoms with Crippen LogP contribution in [0.5, 0.6) is 0 Å². The number of hydrogen-bond acceptors (Lipinski definition) is 5. The zero-order chi connectivity index (χ0) is 10.1. The van der Waals surface area contributed by atoms with Gasteiger partial charge >= 0.3 is 0 Å². The fraction of sp³-hybridized carbons (Fsp3) is 0.250. The van der Waals surface area contributed by atoms with Crippen molar-refractivity contribution in [2.24, 2.45) is 7.05 Å². The zero-order valence-corrected chi connectivity index (χ0v) is 9.52. The summed E-state index contributed by atoms with van der Waals surface area (Å²) in [6, 6.07) is 0. The first-order chi connectivity index (χ1) is 6.68. The molecule has 0 amide bonds. The van der Waals surface area contributed by atoms with Crippen molar-refractivity contribution < 1.29 is 0 Å². The van der Waals surface area contributed by atoms with Crippen LogP contribution in [0.2, 0.25) is 0 Å². The van der Waals surface area contributed by atoms with Gasteiger partial charge in [-0.05, 0) is 18.7 Å². The molecule has 0 aromatic carbocycles. The van der Waals surface area contributed by atoms with Gasteiger partial charge in [0.15, 0.2) is 4.34 Å². The lowest BCUT2D eigenvalue weighted by molar-refractivity contribution is 0.693.